The summed E-state index contributed by atoms with van der Waals surface area (Å²) in [5.74, 6) is -0.257. The van der Waals surface area contributed by atoms with E-state index in [2.05, 4.69) is 5.32 Å². The Labute approximate surface area is 179 Å². The van der Waals surface area contributed by atoms with Gasteiger partial charge in [-0.1, -0.05) is 60.1 Å². The highest BCUT2D eigenvalue weighted by molar-refractivity contribution is 6.32. The number of carbonyl (C=O) groups excluding carboxylic acids is 2. The lowest BCUT2D eigenvalue weighted by Crippen LogP contribution is -2.28. The van der Waals surface area contributed by atoms with Crippen LogP contribution in [-0.2, 0) is 14.3 Å². The molecule has 0 spiro atoms. The fourth-order valence-corrected chi connectivity index (χ4v) is 2.86. The van der Waals surface area contributed by atoms with Crippen molar-refractivity contribution < 1.29 is 23.8 Å². The molecule has 0 fully saturated rings. The average Bonchev–Trinajstić information content (AvgIpc) is 2.77. The maximum atomic E-state index is 12.9. The van der Waals surface area contributed by atoms with Crippen LogP contribution in [0.3, 0.4) is 0 Å². The van der Waals surface area contributed by atoms with Crippen molar-refractivity contribution in [3.05, 3.63) is 89.4 Å². The molecule has 7 heteroatoms. The fourth-order valence-electron chi connectivity index (χ4n) is 2.67. The molecule has 154 valence electrons. The van der Waals surface area contributed by atoms with Crippen LogP contribution in [0.1, 0.15) is 11.7 Å². The topological polar surface area (TPSA) is 73.9 Å². The Balaban J connectivity index is 1.71. The van der Waals surface area contributed by atoms with Crippen molar-refractivity contribution in [3.63, 3.8) is 0 Å². The van der Waals surface area contributed by atoms with E-state index in [0.717, 1.165) is 0 Å². The zero-order valence-corrected chi connectivity index (χ0v) is 17.0. The first kappa shape index (κ1) is 21.2. The third kappa shape index (κ3) is 5.75. The number of ether oxygens (including phenoxy) is 3. The number of amides is 1. The smallest absolute Gasteiger partial charge is 0.345 e. The van der Waals surface area contributed by atoms with Crippen molar-refractivity contribution in [2.24, 2.45) is 0 Å². The minimum atomic E-state index is -1.15. The fraction of sp³-hybridized carbons (Fsp3) is 0.130. The average molecular weight is 426 g/mol. The number of rotatable bonds is 8. The Hall–Kier alpha value is -3.51. The molecule has 6 nitrogen and oxygen atoms in total. The number of esters is 1. The highest BCUT2D eigenvalue weighted by atomic mass is 35.5. The molecule has 3 aromatic carbocycles. The third-order valence-electron chi connectivity index (χ3n) is 4.11. The Kier molecular flexibility index (Phi) is 7.29. The van der Waals surface area contributed by atoms with Crippen LogP contribution < -0.4 is 14.8 Å². The van der Waals surface area contributed by atoms with Gasteiger partial charge in [0.1, 0.15) is 11.5 Å². The van der Waals surface area contributed by atoms with Crippen molar-refractivity contribution in [2.75, 3.05) is 19.0 Å². The molecule has 1 atom stereocenters. The zero-order valence-electron chi connectivity index (χ0n) is 16.2. The number of methoxy groups -OCH3 is 1. The predicted octanol–water partition coefficient (Wildman–Crippen LogP) is 4.65. The quantitative estimate of drug-likeness (QED) is 0.532. The van der Waals surface area contributed by atoms with Crippen LogP contribution in [0.4, 0.5) is 5.69 Å². The molecule has 0 radical (unpaired) electrons. The summed E-state index contributed by atoms with van der Waals surface area (Å²) in [5, 5.41) is 3.12. The Bertz CT molecular complexity index is 1010. The first-order valence-electron chi connectivity index (χ1n) is 9.13. The molecule has 1 N–H and O–H groups in total. The molecule has 0 aliphatic carbocycles. The summed E-state index contributed by atoms with van der Waals surface area (Å²) in [6.07, 6.45) is -1.15. The lowest BCUT2D eigenvalue weighted by molar-refractivity contribution is -0.156. The molecular weight excluding hydrogens is 406 g/mol. The van der Waals surface area contributed by atoms with Gasteiger partial charge in [0.15, 0.2) is 6.61 Å². The van der Waals surface area contributed by atoms with Crippen molar-refractivity contribution in [2.45, 2.75) is 6.10 Å². The molecule has 1 amide bonds. The maximum Gasteiger partial charge on any atom is 0.345 e. The van der Waals surface area contributed by atoms with Gasteiger partial charge in [-0.2, -0.15) is 0 Å². The van der Waals surface area contributed by atoms with E-state index in [-0.39, 0.29) is 6.61 Å². The van der Waals surface area contributed by atoms with E-state index in [1.54, 1.807) is 72.8 Å². The minimum Gasteiger partial charge on any atom is -0.497 e. The van der Waals surface area contributed by atoms with Gasteiger partial charge in [0.25, 0.3) is 5.91 Å². The summed E-state index contributed by atoms with van der Waals surface area (Å²) in [6.45, 7) is -0.389. The van der Waals surface area contributed by atoms with Gasteiger partial charge in [-0.3, -0.25) is 4.79 Å². The largest absolute Gasteiger partial charge is 0.497 e. The number of benzene rings is 3. The zero-order chi connectivity index (χ0) is 21.3. The van der Waals surface area contributed by atoms with Crippen LogP contribution in [0.15, 0.2) is 78.9 Å². The summed E-state index contributed by atoms with van der Waals surface area (Å²) in [7, 11) is 1.54. The maximum absolute atomic E-state index is 12.9. The van der Waals surface area contributed by atoms with Gasteiger partial charge in [-0.25, -0.2) is 4.79 Å². The highest BCUT2D eigenvalue weighted by Gasteiger charge is 2.25. The molecule has 0 heterocycles. The third-order valence-corrected chi connectivity index (χ3v) is 4.42. The molecule has 0 saturated carbocycles. The van der Waals surface area contributed by atoms with E-state index in [4.69, 9.17) is 25.8 Å². The van der Waals surface area contributed by atoms with Crippen molar-refractivity contribution in [1.82, 2.24) is 0 Å². The van der Waals surface area contributed by atoms with Gasteiger partial charge in [0, 0.05) is 17.3 Å². The van der Waals surface area contributed by atoms with Crippen LogP contribution in [0, 0.1) is 0 Å². The van der Waals surface area contributed by atoms with E-state index in [9.17, 15) is 9.59 Å². The lowest BCUT2D eigenvalue weighted by atomic mass is 10.1. The minimum absolute atomic E-state index is 0.355. The molecule has 0 bridgehead atoms. The standard InChI is InChI=1S/C23H20ClNO5/c1-28-18-11-7-10-17(14-18)25-23(27)22(16-8-3-2-4-9-16)30-21(26)15-29-20-13-6-5-12-19(20)24/h2-14,22H,15H2,1H3,(H,25,27). The predicted molar refractivity (Wildman–Crippen MR) is 114 cm³/mol. The molecule has 30 heavy (non-hydrogen) atoms. The van der Waals surface area contributed by atoms with E-state index in [1.165, 1.54) is 7.11 Å². The van der Waals surface area contributed by atoms with E-state index >= 15 is 0 Å². The number of hydrogen-bond donors (Lipinski definition) is 1. The second-order valence-corrected chi connectivity index (χ2v) is 6.63. The Morgan fingerprint density at radius 3 is 2.43 bits per heavy atom. The van der Waals surface area contributed by atoms with Crippen LogP contribution in [-0.4, -0.2) is 25.6 Å². The molecule has 0 aliphatic rings. The van der Waals surface area contributed by atoms with Gasteiger partial charge in [-0.15, -0.1) is 0 Å². The SMILES string of the molecule is COc1cccc(NC(=O)C(OC(=O)COc2ccccc2Cl)c2ccccc2)c1. The molecule has 1 unspecified atom stereocenters. The highest BCUT2D eigenvalue weighted by Crippen LogP contribution is 2.25. The Morgan fingerprint density at radius 1 is 0.967 bits per heavy atom. The van der Waals surface area contributed by atoms with Gasteiger partial charge in [0.05, 0.1) is 12.1 Å². The summed E-state index contributed by atoms with van der Waals surface area (Å²) >= 11 is 6.02. The van der Waals surface area contributed by atoms with E-state index in [0.29, 0.717) is 27.8 Å². The molecule has 0 aliphatic heterocycles. The summed E-state index contributed by atoms with van der Waals surface area (Å²) in [4.78, 5) is 25.3. The molecule has 0 aromatic heterocycles. The van der Waals surface area contributed by atoms with E-state index in [1.807, 2.05) is 6.07 Å². The Morgan fingerprint density at radius 2 is 1.70 bits per heavy atom. The van der Waals surface area contributed by atoms with Gasteiger partial charge >= 0.3 is 5.97 Å². The van der Waals surface area contributed by atoms with Gasteiger partial charge in [-0.05, 0) is 24.3 Å². The van der Waals surface area contributed by atoms with Crippen LogP contribution >= 0.6 is 11.6 Å². The van der Waals surface area contributed by atoms with Gasteiger partial charge < -0.3 is 19.5 Å². The van der Waals surface area contributed by atoms with Crippen molar-refractivity contribution >= 4 is 29.2 Å². The van der Waals surface area contributed by atoms with Crippen molar-refractivity contribution in [3.8, 4) is 11.5 Å². The molecule has 0 saturated heterocycles. The molecule has 3 rings (SSSR count). The van der Waals surface area contributed by atoms with Crippen molar-refractivity contribution in [1.29, 1.82) is 0 Å². The second-order valence-electron chi connectivity index (χ2n) is 6.22. The first-order chi connectivity index (χ1) is 14.6. The number of para-hydroxylation sites is 1. The lowest BCUT2D eigenvalue weighted by Gasteiger charge is -2.18. The molecular formula is C23H20ClNO5. The second kappa shape index (κ2) is 10.3. The number of hydrogen-bond acceptors (Lipinski definition) is 5. The van der Waals surface area contributed by atoms with E-state index < -0.39 is 18.0 Å². The number of anilines is 1. The summed E-state index contributed by atoms with van der Waals surface area (Å²) in [6, 6.07) is 22.4. The van der Waals surface area contributed by atoms with Crippen LogP contribution in [0.5, 0.6) is 11.5 Å². The first-order valence-corrected chi connectivity index (χ1v) is 9.51. The monoisotopic (exact) mass is 425 g/mol. The normalized spacial score (nSPS) is 11.3. The number of nitrogens with one attached hydrogen (secondary N) is 1. The number of halogens is 1. The number of carbonyl (C=O) groups is 2. The summed E-state index contributed by atoms with van der Waals surface area (Å²) < 4.78 is 16.0. The van der Waals surface area contributed by atoms with Crippen LogP contribution in [0.2, 0.25) is 5.02 Å². The molecule has 3 aromatic rings. The van der Waals surface area contributed by atoms with Gasteiger partial charge in [0.2, 0.25) is 6.10 Å². The van der Waals surface area contributed by atoms with Crippen LogP contribution in [0.25, 0.3) is 0 Å². The summed E-state index contributed by atoms with van der Waals surface area (Å²) in [5.41, 5.74) is 1.05.